The van der Waals surface area contributed by atoms with Crippen LogP contribution >= 0.6 is 0 Å². The van der Waals surface area contributed by atoms with Gasteiger partial charge in [-0.1, -0.05) is 31.4 Å². The van der Waals surface area contributed by atoms with Crippen LogP contribution in [-0.2, 0) is 0 Å². The number of benzene rings is 2. The largest absolute Gasteiger partial charge is 0.423 e. The number of fused-ring (bicyclic) bond motifs is 1. The summed E-state index contributed by atoms with van der Waals surface area (Å²) in [5.74, 6) is 0.733. The molecule has 1 aliphatic rings. The van der Waals surface area contributed by atoms with Crippen molar-refractivity contribution in [3.05, 3.63) is 88.1 Å². The Balaban J connectivity index is 1.45. The van der Waals surface area contributed by atoms with E-state index in [2.05, 4.69) is 15.8 Å². The van der Waals surface area contributed by atoms with E-state index in [1.807, 2.05) is 31.3 Å². The van der Waals surface area contributed by atoms with E-state index in [9.17, 15) is 14.9 Å². The molecule has 2 aromatic heterocycles. The third kappa shape index (κ3) is 4.87. The molecule has 0 bridgehead atoms. The minimum absolute atomic E-state index is 0.0800. The molecule has 2 aromatic carbocycles. The van der Waals surface area contributed by atoms with Gasteiger partial charge in [0.2, 0.25) is 0 Å². The quantitative estimate of drug-likeness (QED) is 0.156. The number of hydrogen-bond acceptors (Lipinski definition) is 6. The minimum Gasteiger partial charge on any atom is -0.423 e. The van der Waals surface area contributed by atoms with Gasteiger partial charge in [-0.25, -0.2) is 9.78 Å². The van der Waals surface area contributed by atoms with Gasteiger partial charge in [-0.15, -0.1) is 0 Å². The Bertz CT molecular complexity index is 1390. The topological polar surface area (TPSA) is 98.8 Å². The smallest absolute Gasteiger partial charge is 0.343 e. The fourth-order valence-electron chi connectivity index (χ4n) is 4.52. The second-order valence-electron chi connectivity index (χ2n) is 8.94. The van der Waals surface area contributed by atoms with Crippen LogP contribution in [0.4, 0.5) is 11.5 Å². The van der Waals surface area contributed by atoms with Crippen molar-refractivity contribution >= 4 is 23.1 Å². The zero-order valence-corrected chi connectivity index (χ0v) is 19.4. The highest BCUT2D eigenvalue weighted by molar-refractivity contribution is 5.91. The highest BCUT2D eigenvalue weighted by Crippen LogP contribution is 2.33. The van der Waals surface area contributed by atoms with Crippen LogP contribution in [0.15, 0.2) is 66.9 Å². The molecule has 35 heavy (non-hydrogen) atoms. The number of hydrogen-bond donors (Lipinski definition) is 1. The third-order valence-electron chi connectivity index (χ3n) is 6.36. The van der Waals surface area contributed by atoms with Crippen LogP contribution in [0.3, 0.4) is 0 Å². The van der Waals surface area contributed by atoms with Gasteiger partial charge in [0.15, 0.2) is 0 Å². The number of carbonyl (C=O) groups excluding carboxylic acids is 1. The number of nitrogens with one attached hydrogen (secondary N) is 1. The van der Waals surface area contributed by atoms with Gasteiger partial charge in [-0.05, 0) is 61.7 Å². The van der Waals surface area contributed by atoms with Crippen molar-refractivity contribution in [2.75, 3.05) is 5.32 Å². The van der Waals surface area contributed by atoms with Crippen molar-refractivity contribution in [1.82, 2.24) is 9.38 Å². The first kappa shape index (κ1) is 22.6. The summed E-state index contributed by atoms with van der Waals surface area (Å²) in [4.78, 5) is 27.9. The molecule has 0 saturated heterocycles. The average Bonchev–Trinajstić information content (AvgIpc) is 3.22. The first-order chi connectivity index (χ1) is 17.0. The maximum Gasteiger partial charge on any atom is 0.343 e. The summed E-state index contributed by atoms with van der Waals surface area (Å²) in [6.07, 6.45) is 8.01. The van der Waals surface area contributed by atoms with Gasteiger partial charge in [-0.2, -0.15) is 0 Å². The summed E-state index contributed by atoms with van der Waals surface area (Å²) < 4.78 is 7.66. The average molecular weight is 471 g/mol. The molecular formula is C27H26N4O4. The Morgan fingerprint density at radius 1 is 1.09 bits per heavy atom. The van der Waals surface area contributed by atoms with E-state index < -0.39 is 10.9 Å². The van der Waals surface area contributed by atoms with E-state index >= 15 is 0 Å². The van der Waals surface area contributed by atoms with E-state index in [0.29, 0.717) is 11.8 Å². The van der Waals surface area contributed by atoms with Gasteiger partial charge in [0.1, 0.15) is 22.9 Å². The Morgan fingerprint density at radius 2 is 1.86 bits per heavy atom. The van der Waals surface area contributed by atoms with Gasteiger partial charge >= 0.3 is 5.97 Å². The van der Waals surface area contributed by atoms with Crippen molar-refractivity contribution in [1.29, 1.82) is 0 Å². The fraction of sp³-hybridized carbons (Fsp3) is 0.259. The fourth-order valence-corrected chi connectivity index (χ4v) is 4.52. The number of nitro benzene ring substituents is 1. The molecular weight excluding hydrogens is 444 g/mol. The number of nitro groups is 1. The van der Waals surface area contributed by atoms with Crippen LogP contribution in [-0.4, -0.2) is 26.3 Å². The molecule has 1 N–H and O–H groups in total. The lowest BCUT2D eigenvalue weighted by molar-refractivity contribution is -0.384. The minimum atomic E-state index is -0.580. The van der Waals surface area contributed by atoms with E-state index in [1.54, 1.807) is 12.1 Å². The maximum absolute atomic E-state index is 12.6. The molecule has 4 aromatic rings. The Morgan fingerprint density at radius 3 is 2.60 bits per heavy atom. The van der Waals surface area contributed by atoms with Crippen molar-refractivity contribution in [3.63, 3.8) is 0 Å². The van der Waals surface area contributed by atoms with Crippen molar-refractivity contribution in [2.45, 2.75) is 45.1 Å². The summed E-state index contributed by atoms with van der Waals surface area (Å²) in [7, 11) is 0. The highest BCUT2D eigenvalue weighted by atomic mass is 16.6. The standard InChI is InChI=1S/C27H26N4O4/c1-18-14-15-30-24(16-18)29-25(26(30)28-21-7-3-2-4-8-21)20-6-5-9-23(17-20)35-27(32)19-10-12-22(13-11-19)31(33)34/h5-6,9-17,21,28H,2-4,7-8H2,1H3. The predicted octanol–water partition coefficient (Wildman–Crippen LogP) is 6.18. The lowest BCUT2D eigenvalue weighted by atomic mass is 9.95. The zero-order valence-electron chi connectivity index (χ0n) is 19.4. The lowest BCUT2D eigenvalue weighted by Gasteiger charge is -2.24. The predicted molar refractivity (Wildman–Crippen MR) is 134 cm³/mol. The molecule has 0 atom stereocenters. The van der Waals surface area contributed by atoms with Crippen molar-refractivity contribution in [3.8, 4) is 17.0 Å². The number of pyridine rings is 1. The summed E-state index contributed by atoms with van der Waals surface area (Å²) in [5.41, 5.74) is 3.77. The van der Waals surface area contributed by atoms with E-state index in [4.69, 9.17) is 9.72 Å². The Labute approximate surface area is 202 Å². The third-order valence-corrected chi connectivity index (χ3v) is 6.36. The van der Waals surface area contributed by atoms with E-state index in [-0.39, 0.29) is 11.3 Å². The molecule has 0 radical (unpaired) electrons. The maximum atomic E-state index is 12.6. The van der Waals surface area contributed by atoms with Crippen LogP contribution in [0.1, 0.15) is 48.0 Å². The van der Waals surface area contributed by atoms with E-state index in [1.165, 1.54) is 43.5 Å². The summed E-state index contributed by atoms with van der Waals surface area (Å²) in [6.45, 7) is 2.04. The number of aryl methyl sites for hydroxylation is 1. The molecule has 0 unspecified atom stereocenters. The monoisotopic (exact) mass is 470 g/mol. The van der Waals surface area contributed by atoms with Crippen LogP contribution in [0, 0.1) is 17.0 Å². The van der Waals surface area contributed by atoms with Gasteiger partial charge in [-0.3, -0.25) is 14.5 Å². The molecule has 2 heterocycles. The number of rotatable bonds is 6. The van der Waals surface area contributed by atoms with Crippen LogP contribution in [0.25, 0.3) is 16.9 Å². The van der Waals surface area contributed by atoms with Crippen LogP contribution in [0.2, 0.25) is 0 Å². The van der Waals surface area contributed by atoms with Crippen LogP contribution < -0.4 is 10.1 Å². The lowest BCUT2D eigenvalue weighted by Crippen LogP contribution is -2.23. The molecule has 178 valence electrons. The number of esters is 1. The Hall–Kier alpha value is -4.20. The van der Waals surface area contributed by atoms with E-state index in [0.717, 1.165) is 41.1 Å². The van der Waals surface area contributed by atoms with Crippen molar-refractivity contribution in [2.24, 2.45) is 0 Å². The highest BCUT2D eigenvalue weighted by Gasteiger charge is 2.20. The normalized spacial score (nSPS) is 14.1. The van der Waals surface area contributed by atoms with Gasteiger partial charge < -0.3 is 10.1 Å². The molecule has 1 aliphatic carbocycles. The molecule has 8 nitrogen and oxygen atoms in total. The first-order valence-corrected chi connectivity index (χ1v) is 11.8. The molecule has 5 rings (SSSR count). The number of anilines is 1. The molecule has 8 heteroatoms. The number of non-ortho nitro benzene ring substituents is 1. The van der Waals surface area contributed by atoms with Crippen LogP contribution in [0.5, 0.6) is 5.75 Å². The number of nitrogens with zero attached hydrogens (tertiary/aromatic N) is 3. The molecule has 1 saturated carbocycles. The number of aromatic nitrogens is 2. The van der Waals surface area contributed by atoms with Gasteiger partial charge in [0.25, 0.3) is 5.69 Å². The number of carbonyl (C=O) groups is 1. The molecule has 0 aliphatic heterocycles. The van der Waals surface area contributed by atoms with Gasteiger partial charge in [0.05, 0.1) is 10.5 Å². The first-order valence-electron chi connectivity index (χ1n) is 11.8. The number of imidazole rings is 1. The zero-order chi connectivity index (χ0) is 24.4. The van der Waals surface area contributed by atoms with Gasteiger partial charge in [0, 0.05) is 29.9 Å². The number of ether oxygens (including phenoxy) is 1. The SMILES string of the molecule is Cc1ccn2c(NC3CCCCC3)c(-c3cccc(OC(=O)c4ccc([N+](=O)[O-])cc4)c3)nc2c1. The summed E-state index contributed by atoms with van der Waals surface area (Å²) >= 11 is 0. The molecule has 0 amide bonds. The Kier molecular flexibility index (Phi) is 6.18. The summed E-state index contributed by atoms with van der Waals surface area (Å²) in [6, 6.07) is 17.1. The molecule has 1 fully saturated rings. The second kappa shape index (κ2) is 9.58. The summed E-state index contributed by atoms with van der Waals surface area (Å²) in [5, 5.41) is 14.6. The second-order valence-corrected chi connectivity index (χ2v) is 8.94. The van der Waals surface area contributed by atoms with Crippen molar-refractivity contribution < 1.29 is 14.5 Å². The molecule has 0 spiro atoms.